The third kappa shape index (κ3) is 3.20. The van der Waals surface area contributed by atoms with Crippen molar-refractivity contribution in [1.82, 2.24) is 15.3 Å². The minimum absolute atomic E-state index is 0.0913. The molecule has 1 aliphatic heterocycles. The fraction of sp³-hybridized carbons (Fsp3) is 0.238. The molecule has 0 spiro atoms. The zero-order chi connectivity index (χ0) is 17.9. The van der Waals surface area contributed by atoms with Crippen molar-refractivity contribution in [1.29, 1.82) is 0 Å². The van der Waals surface area contributed by atoms with Crippen LogP contribution in [0.25, 0.3) is 22.2 Å². The molecule has 132 valence electrons. The number of carbonyl (C=O) groups is 1. The lowest BCUT2D eigenvalue weighted by atomic mass is 10.0. The molecule has 1 fully saturated rings. The normalized spacial score (nSPS) is 15.2. The molecule has 0 atom stereocenters. The molecule has 0 aliphatic carbocycles. The minimum atomic E-state index is -0.0913. The molecule has 4 rings (SSSR count). The maximum absolute atomic E-state index is 11.5. The van der Waals surface area contributed by atoms with Crippen LogP contribution in [0.15, 0.2) is 61.4 Å². The Morgan fingerprint density at radius 2 is 2.04 bits per heavy atom. The second kappa shape index (κ2) is 7.04. The topological polar surface area (TPSA) is 61.0 Å². The van der Waals surface area contributed by atoms with Gasteiger partial charge in [-0.1, -0.05) is 36.9 Å². The van der Waals surface area contributed by atoms with Crippen molar-refractivity contribution in [2.24, 2.45) is 0 Å². The molecular weight excluding hydrogens is 324 g/mol. The number of fused-ring (bicyclic) bond motifs is 1. The highest BCUT2D eigenvalue weighted by molar-refractivity contribution is 5.95. The second-order valence-electron chi connectivity index (χ2n) is 6.63. The lowest BCUT2D eigenvalue weighted by molar-refractivity contribution is -0.117. The molecule has 0 unspecified atom stereocenters. The number of pyridine rings is 1. The Morgan fingerprint density at radius 1 is 1.27 bits per heavy atom. The Labute approximate surface area is 152 Å². The summed E-state index contributed by atoms with van der Waals surface area (Å²) in [7, 11) is 0. The number of anilines is 1. The highest BCUT2D eigenvalue weighted by Crippen LogP contribution is 2.31. The van der Waals surface area contributed by atoms with Crippen LogP contribution in [0, 0.1) is 0 Å². The van der Waals surface area contributed by atoms with Crippen LogP contribution in [0.5, 0.6) is 0 Å². The highest BCUT2D eigenvalue weighted by atomic mass is 16.1. The molecule has 26 heavy (non-hydrogen) atoms. The van der Waals surface area contributed by atoms with Gasteiger partial charge in [0.15, 0.2) is 0 Å². The van der Waals surface area contributed by atoms with Gasteiger partial charge in [-0.2, -0.15) is 0 Å². The van der Waals surface area contributed by atoms with Crippen molar-refractivity contribution < 1.29 is 4.79 Å². The number of piperidine rings is 1. The summed E-state index contributed by atoms with van der Waals surface area (Å²) in [6.07, 6.45) is 7.14. The molecular formula is C21H22N4O. The van der Waals surface area contributed by atoms with E-state index in [0.29, 0.717) is 0 Å². The zero-order valence-electron chi connectivity index (χ0n) is 14.6. The van der Waals surface area contributed by atoms with E-state index >= 15 is 0 Å². The summed E-state index contributed by atoms with van der Waals surface area (Å²) in [5.41, 5.74) is 4.38. The van der Waals surface area contributed by atoms with Crippen LogP contribution < -0.4 is 10.2 Å². The van der Waals surface area contributed by atoms with E-state index in [1.54, 1.807) is 0 Å². The van der Waals surface area contributed by atoms with Gasteiger partial charge in [-0.15, -0.1) is 0 Å². The van der Waals surface area contributed by atoms with Crippen molar-refractivity contribution >= 4 is 22.6 Å². The smallest absolute Gasteiger partial charge is 0.243 e. The predicted octanol–water partition coefficient (Wildman–Crippen LogP) is 3.50. The fourth-order valence-corrected chi connectivity index (χ4v) is 3.56. The molecule has 2 N–H and O–H groups in total. The Kier molecular flexibility index (Phi) is 4.44. The van der Waals surface area contributed by atoms with E-state index in [0.717, 1.165) is 42.7 Å². The zero-order valence-corrected chi connectivity index (χ0v) is 14.6. The predicted molar refractivity (Wildman–Crippen MR) is 105 cm³/mol. The summed E-state index contributed by atoms with van der Waals surface area (Å²) >= 11 is 0. The number of nitrogens with zero attached hydrogens (tertiary/aromatic N) is 2. The first-order valence-corrected chi connectivity index (χ1v) is 8.95. The molecule has 1 saturated heterocycles. The molecule has 3 heterocycles. The molecule has 1 aliphatic rings. The van der Waals surface area contributed by atoms with E-state index in [9.17, 15) is 4.79 Å². The van der Waals surface area contributed by atoms with Gasteiger partial charge in [0, 0.05) is 36.3 Å². The first-order chi connectivity index (χ1) is 12.7. The van der Waals surface area contributed by atoms with Crippen molar-refractivity contribution in [3.05, 3.63) is 61.4 Å². The molecule has 1 amide bonds. The number of benzene rings is 1. The van der Waals surface area contributed by atoms with Crippen molar-refractivity contribution in [3.63, 3.8) is 0 Å². The van der Waals surface area contributed by atoms with Gasteiger partial charge in [0.05, 0.1) is 11.9 Å². The maximum Gasteiger partial charge on any atom is 0.243 e. The Bertz CT molecular complexity index is 924. The van der Waals surface area contributed by atoms with E-state index in [1.807, 2.05) is 30.6 Å². The third-order valence-corrected chi connectivity index (χ3v) is 4.99. The van der Waals surface area contributed by atoms with Crippen LogP contribution in [0.2, 0.25) is 0 Å². The highest BCUT2D eigenvalue weighted by Gasteiger charge is 2.21. The monoisotopic (exact) mass is 346 g/mol. The lowest BCUT2D eigenvalue weighted by Gasteiger charge is -2.33. The first-order valence-electron chi connectivity index (χ1n) is 8.95. The summed E-state index contributed by atoms with van der Waals surface area (Å²) in [6.45, 7) is 5.32. The number of hydrogen-bond donors (Lipinski definition) is 2. The van der Waals surface area contributed by atoms with Gasteiger partial charge in [-0.25, -0.2) is 4.98 Å². The van der Waals surface area contributed by atoms with Gasteiger partial charge in [-0.05, 0) is 30.5 Å². The summed E-state index contributed by atoms with van der Waals surface area (Å²) in [5, 5.41) is 4.13. The van der Waals surface area contributed by atoms with Crippen molar-refractivity contribution in [2.75, 3.05) is 18.0 Å². The van der Waals surface area contributed by atoms with Gasteiger partial charge in [0.2, 0.25) is 5.91 Å². The van der Waals surface area contributed by atoms with Crippen LogP contribution in [0.1, 0.15) is 12.8 Å². The average Bonchev–Trinajstić information content (AvgIpc) is 3.12. The average molecular weight is 346 g/mol. The Hall–Kier alpha value is -3.08. The number of H-pyrrole nitrogens is 1. The summed E-state index contributed by atoms with van der Waals surface area (Å²) < 4.78 is 0. The number of aromatic amines is 1. The second-order valence-corrected chi connectivity index (χ2v) is 6.63. The lowest BCUT2D eigenvalue weighted by Crippen LogP contribution is -2.44. The number of carbonyl (C=O) groups excluding carboxylic acids is 1. The number of rotatable bonds is 4. The summed E-state index contributed by atoms with van der Waals surface area (Å²) in [4.78, 5) is 21.7. The first kappa shape index (κ1) is 16.4. The van der Waals surface area contributed by atoms with Gasteiger partial charge >= 0.3 is 0 Å². The van der Waals surface area contributed by atoms with E-state index in [4.69, 9.17) is 0 Å². The SMILES string of the molecule is C=CC(=O)NC1CCN(c2cnc3[nH]cc(-c4ccccc4)c3c2)CC1. The molecule has 2 aromatic heterocycles. The van der Waals surface area contributed by atoms with Gasteiger partial charge in [-0.3, -0.25) is 4.79 Å². The molecule has 3 aromatic rings. The van der Waals surface area contributed by atoms with Crippen molar-refractivity contribution in [2.45, 2.75) is 18.9 Å². The molecule has 0 bridgehead atoms. The molecule has 5 heteroatoms. The van der Waals surface area contributed by atoms with Gasteiger partial charge < -0.3 is 15.2 Å². The molecule has 0 saturated carbocycles. The van der Waals surface area contributed by atoms with Crippen LogP contribution in [0.4, 0.5) is 5.69 Å². The van der Waals surface area contributed by atoms with E-state index in [2.05, 4.69) is 45.0 Å². The van der Waals surface area contributed by atoms with E-state index < -0.39 is 0 Å². The number of hydrogen-bond acceptors (Lipinski definition) is 3. The van der Waals surface area contributed by atoms with Gasteiger partial charge in [0.1, 0.15) is 5.65 Å². The van der Waals surface area contributed by atoms with E-state index in [1.165, 1.54) is 17.2 Å². The number of nitrogens with one attached hydrogen (secondary N) is 2. The maximum atomic E-state index is 11.5. The quantitative estimate of drug-likeness (QED) is 0.711. The number of aromatic nitrogens is 2. The van der Waals surface area contributed by atoms with Crippen LogP contribution in [-0.4, -0.2) is 35.0 Å². The molecule has 1 aromatic carbocycles. The third-order valence-electron chi connectivity index (χ3n) is 4.99. The molecule has 5 nitrogen and oxygen atoms in total. The molecule has 0 radical (unpaired) electrons. The van der Waals surface area contributed by atoms with E-state index in [-0.39, 0.29) is 11.9 Å². The van der Waals surface area contributed by atoms with Gasteiger partial charge in [0.25, 0.3) is 0 Å². The van der Waals surface area contributed by atoms with Crippen molar-refractivity contribution in [3.8, 4) is 11.1 Å². The summed E-state index contributed by atoms with van der Waals surface area (Å²) in [6, 6.07) is 12.8. The Balaban J connectivity index is 1.55. The fourth-order valence-electron chi connectivity index (χ4n) is 3.56. The number of amides is 1. The largest absolute Gasteiger partial charge is 0.370 e. The standard InChI is InChI=1S/C21H22N4O/c1-2-20(26)24-16-8-10-25(11-9-16)17-12-18-19(14-23-21(18)22-13-17)15-6-4-3-5-7-15/h2-7,12-14,16H,1,8-11H2,(H,22,23)(H,24,26). The van der Waals surface area contributed by atoms with Crippen LogP contribution >= 0.6 is 0 Å². The minimum Gasteiger partial charge on any atom is -0.370 e. The van der Waals surface area contributed by atoms with Crippen LogP contribution in [0.3, 0.4) is 0 Å². The summed E-state index contributed by atoms with van der Waals surface area (Å²) in [5.74, 6) is -0.0913. The Morgan fingerprint density at radius 3 is 2.77 bits per heavy atom. The van der Waals surface area contributed by atoms with Crippen LogP contribution in [-0.2, 0) is 4.79 Å².